The summed E-state index contributed by atoms with van der Waals surface area (Å²) in [7, 11) is 0. The number of esters is 1. The van der Waals surface area contributed by atoms with Crippen LogP contribution in [0, 0.1) is 0 Å². The van der Waals surface area contributed by atoms with Crippen molar-refractivity contribution in [3.63, 3.8) is 0 Å². The average Bonchev–Trinajstić information content (AvgIpc) is 3.52. The summed E-state index contributed by atoms with van der Waals surface area (Å²) < 4.78 is 6.52. The molecule has 4 rings (SSSR count). The maximum absolute atomic E-state index is 12.8. The number of ether oxygens (including phenoxy) is 1. The van der Waals surface area contributed by atoms with E-state index in [0.717, 1.165) is 5.56 Å². The number of rotatable bonds is 6. The van der Waals surface area contributed by atoms with Crippen molar-refractivity contribution in [2.24, 2.45) is 0 Å². The second-order valence-electron chi connectivity index (χ2n) is 7.27. The van der Waals surface area contributed by atoms with E-state index < -0.39 is 23.2 Å². The Morgan fingerprint density at radius 3 is 2.60 bits per heavy atom. The Hall–Kier alpha value is -3.68. The Morgan fingerprint density at radius 1 is 1.20 bits per heavy atom. The van der Waals surface area contributed by atoms with Gasteiger partial charge < -0.3 is 19.7 Å². The smallest absolute Gasteiger partial charge is 0.331 e. The molecule has 1 aliphatic carbocycles. The summed E-state index contributed by atoms with van der Waals surface area (Å²) in [6.45, 7) is 2.28. The zero-order valence-electron chi connectivity index (χ0n) is 16.4. The molecule has 0 radical (unpaired) electrons. The van der Waals surface area contributed by atoms with E-state index in [1.807, 2.05) is 30.3 Å². The van der Waals surface area contributed by atoms with Gasteiger partial charge in [-0.1, -0.05) is 30.3 Å². The van der Waals surface area contributed by atoms with E-state index in [1.165, 1.54) is 10.8 Å². The number of nitrogens with one attached hydrogen (secondary N) is 1. The molecule has 2 heterocycles. The number of hydrogen-bond donors (Lipinski definition) is 2. The molecule has 0 atom stereocenters. The van der Waals surface area contributed by atoms with Crippen molar-refractivity contribution < 1.29 is 19.4 Å². The van der Waals surface area contributed by atoms with Crippen LogP contribution in [-0.2, 0) is 16.1 Å². The summed E-state index contributed by atoms with van der Waals surface area (Å²) in [6, 6.07) is 11.1. The van der Waals surface area contributed by atoms with Crippen LogP contribution in [0.1, 0.15) is 35.8 Å². The van der Waals surface area contributed by atoms with E-state index in [2.05, 4.69) is 10.3 Å². The Balaban J connectivity index is 1.63. The molecule has 1 aliphatic rings. The molecule has 0 bridgehead atoms. The standard InChI is InChI=1S/C22H21N3O5/c1-2-30-21(29)22(9-10-22)24-19(27)17-18(26)15-8-11-25(20(28)16(15)12-23-17)13-14-6-4-3-5-7-14/h3-8,11-12,26H,2,9-10,13H2,1H3,(H,24,27). The molecule has 0 aliphatic heterocycles. The number of carbonyl (C=O) groups excluding carboxylic acids is 2. The number of fused-ring (bicyclic) bond motifs is 1. The van der Waals surface area contributed by atoms with Crippen molar-refractivity contribution in [2.45, 2.75) is 31.8 Å². The predicted octanol–water partition coefficient (Wildman–Crippen LogP) is 1.98. The Kier molecular flexibility index (Phi) is 4.99. The first-order valence-electron chi connectivity index (χ1n) is 9.70. The van der Waals surface area contributed by atoms with E-state index in [1.54, 1.807) is 19.2 Å². The molecular formula is C22H21N3O5. The molecule has 154 valence electrons. The number of aromatic nitrogens is 2. The van der Waals surface area contributed by atoms with Crippen LogP contribution < -0.4 is 10.9 Å². The van der Waals surface area contributed by atoms with Crippen LogP contribution in [0.2, 0.25) is 0 Å². The molecule has 1 fully saturated rings. The summed E-state index contributed by atoms with van der Waals surface area (Å²) in [5, 5.41) is 13.6. The minimum Gasteiger partial charge on any atom is -0.505 e. The average molecular weight is 407 g/mol. The van der Waals surface area contributed by atoms with Gasteiger partial charge in [0.25, 0.3) is 11.5 Å². The highest BCUT2D eigenvalue weighted by Gasteiger charge is 2.53. The minimum absolute atomic E-state index is 0.203. The minimum atomic E-state index is -1.06. The molecule has 8 heteroatoms. The Morgan fingerprint density at radius 2 is 1.93 bits per heavy atom. The monoisotopic (exact) mass is 407 g/mol. The summed E-state index contributed by atoms with van der Waals surface area (Å²) in [6.07, 6.45) is 3.78. The number of hydrogen-bond acceptors (Lipinski definition) is 6. The lowest BCUT2D eigenvalue weighted by Crippen LogP contribution is -2.44. The maximum Gasteiger partial charge on any atom is 0.331 e. The van der Waals surface area contributed by atoms with E-state index in [4.69, 9.17) is 4.74 Å². The molecular weight excluding hydrogens is 386 g/mol. The number of aromatic hydroxyl groups is 1. The van der Waals surface area contributed by atoms with E-state index in [-0.39, 0.29) is 28.6 Å². The third-order valence-corrected chi connectivity index (χ3v) is 5.18. The van der Waals surface area contributed by atoms with Crippen LogP contribution in [0.25, 0.3) is 10.8 Å². The quantitative estimate of drug-likeness (QED) is 0.605. The zero-order valence-corrected chi connectivity index (χ0v) is 16.4. The summed E-state index contributed by atoms with van der Waals surface area (Å²) in [4.78, 5) is 41.5. The van der Waals surface area contributed by atoms with E-state index >= 15 is 0 Å². The highest BCUT2D eigenvalue weighted by atomic mass is 16.5. The fourth-order valence-electron chi connectivity index (χ4n) is 3.36. The van der Waals surface area contributed by atoms with Crippen molar-refractivity contribution in [2.75, 3.05) is 6.61 Å². The zero-order chi connectivity index (χ0) is 21.3. The van der Waals surface area contributed by atoms with Crippen molar-refractivity contribution in [1.82, 2.24) is 14.9 Å². The Bertz CT molecular complexity index is 1180. The van der Waals surface area contributed by atoms with Gasteiger partial charge in [0.05, 0.1) is 18.5 Å². The normalized spacial score (nSPS) is 14.3. The molecule has 0 saturated heterocycles. The lowest BCUT2D eigenvalue weighted by Gasteiger charge is -2.16. The third-order valence-electron chi connectivity index (χ3n) is 5.18. The molecule has 1 saturated carbocycles. The SMILES string of the molecule is CCOC(=O)C1(NC(=O)c2ncc3c(=O)n(Cc4ccccc4)ccc3c2O)CC1. The van der Waals surface area contributed by atoms with E-state index in [9.17, 15) is 19.5 Å². The summed E-state index contributed by atoms with van der Waals surface area (Å²) >= 11 is 0. The number of pyridine rings is 2. The van der Waals surface area contributed by atoms with Gasteiger partial charge in [-0.25, -0.2) is 9.78 Å². The van der Waals surface area contributed by atoms with Gasteiger partial charge in [-0.3, -0.25) is 9.59 Å². The Labute approximate surface area is 172 Å². The third kappa shape index (κ3) is 3.52. The molecule has 30 heavy (non-hydrogen) atoms. The van der Waals surface area contributed by atoms with Gasteiger partial charge in [-0.2, -0.15) is 0 Å². The first kappa shape index (κ1) is 19.6. The second kappa shape index (κ2) is 7.62. The van der Waals surface area contributed by atoms with Gasteiger partial charge >= 0.3 is 5.97 Å². The lowest BCUT2D eigenvalue weighted by molar-refractivity contribution is -0.146. The van der Waals surface area contributed by atoms with Crippen molar-refractivity contribution in [3.05, 3.63) is 70.4 Å². The highest BCUT2D eigenvalue weighted by molar-refractivity contribution is 6.03. The van der Waals surface area contributed by atoms with Crippen LogP contribution >= 0.6 is 0 Å². The first-order chi connectivity index (χ1) is 14.4. The molecule has 0 spiro atoms. The van der Waals surface area contributed by atoms with Crippen molar-refractivity contribution >= 4 is 22.6 Å². The fraction of sp³-hybridized carbons (Fsp3) is 0.273. The molecule has 3 aromatic rings. The van der Waals surface area contributed by atoms with Gasteiger partial charge in [0, 0.05) is 17.8 Å². The number of nitrogens with zero attached hydrogens (tertiary/aromatic N) is 2. The van der Waals surface area contributed by atoms with Gasteiger partial charge in [0.2, 0.25) is 0 Å². The predicted molar refractivity (Wildman–Crippen MR) is 109 cm³/mol. The number of carbonyl (C=O) groups is 2. The first-order valence-corrected chi connectivity index (χ1v) is 9.70. The van der Waals surface area contributed by atoms with Crippen molar-refractivity contribution in [3.8, 4) is 5.75 Å². The molecule has 1 aromatic carbocycles. The van der Waals surface area contributed by atoms with Crippen LogP contribution in [0.4, 0.5) is 0 Å². The number of amides is 1. The molecule has 2 aromatic heterocycles. The second-order valence-corrected chi connectivity index (χ2v) is 7.27. The van der Waals surface area contributed by atoms with Crippen molar-refractivity contribution in [1.29, 1.82) is 0 Å². The van der Waals surface area contributed by atoms with Gasteiger partial charge in [-0.05, 0) is 31.4 Å². The largest absolute Gasteiger partial charge is 0.505 e. The van der Waals surface area contributed by atoms with E-state index in [0.29, 0.717) is 19.4 Å². The van der Waals surface area contributed by atoms with Crippen LogP contribution in [0.5, 0.6) is 5.75 Å². The van der Waals surface area contributed by atoms with Crippen LogP contribution in [0.15, 0.2) is 53.6 Å². The molecule has 1 amide bonds. The topological polar surface area (TPSA) is 111 Å². The maximum atomic E-state index is 12.8. The van der Waals surface area contributed by atoms with Gasteiger partial charge in [-0.15, -0.1) is 0 Å². The summed E-state index contributed by atoms with van der Waals surface area (Å²) in [5.74, 6) is -1.58. The fourth-order valence-corrected chi connectivity index (χ4v) is 3.36. The molecule has 8 nitrogen and oxygen atoms in total. The van der Waals surface area contributed by atoms with Gasteiger partial charge in [0.15, 0.2) is 11.4 Å². The molecule has 2 N–H and O–H groups in total. The van der Waals surface area contributed by atoms with Crippen LogP contribution in [0.3, 0.4) is 0 Å². The summed E-state index contributed by atoms with van der Waals surface area (Å²) in [5.41, 5.74) is -0.662. The lowest BCUT2D eigenvalue weighted by atomic mass is 10.1. The molecule has 0 unspecified atom stereocenters. The number of benzene rings is 1. The van der Waals surface area contributed by atoms with Gasteiger partial charge in [0.1, 0.15) is 5.54 Å². The van der Waals surface area contributed by atoms with Crippen LogP contribution in [-0.4, -0.2) is 38.7 Å². The highest BCUT2D eigenvalue weighted by Crippen LogP contribution is 2.37.